The zero-order valence-electron chi connectivity index (χ0n) is 35.9. The van der Waals surface area contributed by atoms with E-state index in [4.69, 9.17) is 19.1 Å². The molecule has 0 radical (unpaired) electrons. The summed E-state index contributed by atoms with van der Waals surface area (Å²) in [5.74, 6) is -1.10. The van der Waals surface area contributed by atoms with E-state index in [0.29, 0.717) is 19.3 Å². The maximum absolute atomic E-state index is 12.6. The molecule has 10 nitrogen and oxygen atoms in total. The Morgan fingerprint density at radius 3 is 1.41 bits per heavy atom. The predicted molar refractivity (Wildman–Crippen MR) is 242 cm³/mol. The maximum Gasteiger partial charge on any atom is 0.472 e. The van der Waals surface area contributed by atoms with Crippen LogP contribution in [-0.2, 0) is 32.7 Å². The molecule has 0 aromatic heterocycles. The summed E-state index contributed by atoms with van der Waals surface area (Å²) < 4.78 is 32.5. The molecule has 0 saturated carbocycles. The number of aliphatic hydroxyl groups excluding tert-OH is 2. The molecule has 0 aliphatic rings. The molecule has 0 saturated heterocycles. The van der Waals surface area contributed by atoms with Crippen LogP contribution in [0.5, 0.6) is 0 Å². The Kier molecular flexibility index (Phi) is 39.9. The van der Waals surface area contributed by atoms with Crippen LogP contribution in [0.1, 0.15) is 129 Å². The number of carbonyl (C=O) groups excluding carboxylic acids is 2. The minimum Gasteiger partial charge on any atom is -0.462 e. The fourth-order valence-corrected chi connectivity index (χ4v) is 5.62. The monoisotopic (exact) mass is 843 g/mol. The summed E-state index contributed by atoms with van der Waals surface area (Å²) >= 11 is 0. The summed E-state index contributed by atoms with van der Waals surface area (Å²) in [6, 6.07) is 0. The largest absolute Gasteiger partial charge is 0.472 e. The number of hydrogen-bond acceptors (Lipinski definition) is 9. The highest BCUT2D eigenvalue weighted by molar-refractivity contribution is 7.47. The molecule has 59 heavy (non-hydrogen) atoms. The van der Waals surface area contributed by atoms with E-state index >= 15 is 0 Å². The molecule has 0 aliphatic carbocycles. The highest BCUT2D eigenvalue weighted by Crippen LogP contribution is 2.43. The van der Waals surface area contributed by atoms with Gasteiger partial charge in [0.25, 0.3) is 0 Å². The zero-order valence-corrected chi connectivity index (χ0v) is 36.8. The average molecular weight is 843 g/mol. The Morgan fingerprint density at radius 1 is 0.525 bits per heavy atom. The van der Waals surface area contributed by atoms with Crippen molar-refractivity contribution < 1.29 is 47.8 Å². The van der Waals surface area contributed by atoms with Gasteiger partial charge in [0.1, 0.15) is 12.7 Å². The van der Waals surface area contributed by atoms with Crippen molar-refractivity contribution in [2.75, 3.05) is 26.4 Å². The third-order valence-electron chi connectivity index (χ3n) is 8.11. The number of phosphoric acid groups is 1. The first kappa shape index (κ1) is 55.4. The highest BCUT2D eigenvalue weighted by atomic mass is 31.2. The first-order chi connectivity index (χ1) is 28.7. The number of allylic oxidation sites excluding steroid dienone is 20. The third-order valence-corrected chi connectivity index (χ3v) is 9.06. The quantitative estimate of drug-likeness (QED) is 0.0237. The molecule has 3 atom stereocenters. The molecule has 0 rings (SSSR count). The predicted octanol–water partition coefficient (Wildman–Crippen LogP) is 11.6. The molecule has 0 aromatic rings. The molecule has 0 spiro atoms. The molecule has 0 bridgehead atoms. The van der Waals surface area contributed by atoms with E-state index < -0.39 is 51.8 Å². The number of unbranched alkanes of at least 4 members (excludes halogenated alkanes) is 4. The molecule has 0 fully saturated rings. The van der Waals surface area contributed by atoms with Gasteiger partial charge in [0.15, 0.2) is 6.10 Å². The maximum atomic E-state index is 12.6. The van der Waals surface area contributed by atoms with Gasteiger partial charge in [-0.05, 0) is 89.9 Å². The Morgan fingerprint density at radius 2 is 0.949 bits per heavy atom. The van der Waals surface area contributed by atoms with Crippen molar-refractivity contribution in [1.82, 2.24) is 0 Å². The van der Waals surface area contributed by atoms with Gasteiger partial charge in [0, 0.05) is 12.8 Å². The van der Waals surface area contributed by atoms with E-state index in [9.17, 15) is 24.2 Å². The molecule has 332 valence electrons. The third kappa shape index (κ3) is 42.3. The summed E-state index contributed by atoms with van der Waals surface area (Å²) in [5, 5.41) is 18.3. The lowest BCUT2D eigenvalue weighted by Gasteiger charge is -2.20. The van der Waals surface area contributed by atoms with E-state index in [1.54, 1.807) is 0 Å². The first-order valence-electron chi connectivity index (χ1n) is 21.5. The van der Waals surface area contributed by atoms with Gasteiger partial charge in [0.05, 0.1) is 19.8 Å². The summed E-state index contributed by atoms with van der Waals surface area (Å²) in [7, 11) is -4.66. The van der Waals surface area contributed by atoms with Crippen molar-refractivity contribution in [2.45, 2.75) is 142 Å². The minimum absolute atomic E-state index is 0.0845. The van der Waals surface area contributed by atoms with Gasteiger partial charge in [-0.15, -0.1) is 0 Å². The van der Waals surface area contributed by atoms with Gasteiger partial charge < -0.3 is 24.6 Å². The van der Waals surface area contributed by atoms with Crippen molar-refractivity contribution >= 4 is 19.8 Å². The number of rotatable bonds is 38. The molecule has 0 amide bonds. The number of ether oxygens (including phenoxy) is 2. The summed E-state index contributed by atoms with van der Waals surface area (Å²) in [4.78, 5) is 34.9. The van der Waals surface area contributed by atoms with Gasteiger partial charge in [-0.1, -0.05) is 148 Å². The van der Waals surface area contributed by atoms with Crippen LogP contribution in [0.2, 0.25) is 0 Å². The number of aliphatic hydroxyl groups is 2. The zero-order chi connectivity index (χ0) is 43.3. The van der Waals surface area contributed by atoms with Gasteiger partial charge in [-0.3, -0.25) is 18.6 Å². The lowest BCUT2D eigenvalue weighted by molar-refractivity contribution is -0.161. The number of hydrogen-bond donors (Lipinski definition) is 3. The normalized spacial score (nSPS) is 15.0. The number of phosphoric ester groups is 1. The van der Waals surface area contributed by atoms with Gasteiger partial charge >= 0.3 is 19.8 Å². The van der Waals surface area contributed by atoms with E-state index in [-0.39, 0.29) is 19.4 Å². The lowest BCUT2D eigenvalue weighted by Crippen LogP contribution is -2.29. The number of esters is 2. The van der Waals surface area contributed by atoms with E-state index in [0.717, 1.165) is 64.2 Å². The summed E-state index contributed by atoms with van der Waals surface area (Å²) in [5.41, 5.74) is 0. The topological polar surface area (TPSA) is 149 Å². The molecular weight excluding hydrogens is 767 g/mol. The second-order valence-electron chi connectivity index (χ2n) is 13.6. The standard InChI is InChI=1S/C48H75O10P/c1-3-5-7-9-11-13-15-17-19-21-22-24-25-27-29-31-33-35-37-39-47(51)55-43-46(44-57-59(53,54)56-42-45(50)41-49)58-48(52)40-38-36-34-32-30-28-26-23-20-18-16-14-12-10-8-6-4-2/h5,7,11-14,17-20,22,24,26-29,32-35,45-46,49-50H,3-4,6,8-10,15-16,21,23,25,30-31,36-44H2,1-2H3,(H,53,54)/b7-5-,13-11-,14-12-,19-17-,20-18-,24-22-,28-26-,29-27-,34-32-,35-33-/t45-,46+/m0/s1. The lowest BCUT2D eigenvalue weighted by atomic mass is 10.2. The van der Waals surface area contributed by atoms with Gasteiger partial charge in [0.2, 0.25) is 0 Å². The highest BCUT2D eigenvalue weighted by Gasteiger charge is 2.27. The average Bonchev–Trinajstić information content (AvgIpc) is 3.22. The first-order valence-corrected chi connectivity index (χ1v) is 23.0. The molecule has 3 N–H and O–H groups in total. The second-order valence-corrected chi connectivity index (χ2v) is 15.1. The van der Waals surface area contributed by atoms with Crippen molar-refractivity contribution in [2.24, 2.45) is 0 Å². The van der Waals surface area contributed by atoms with E-state index in [1.807, 2.05) is 24.3 Å². The Labute approximate surface area is 356 Å². The molecule has 0 heterocycles. The molecule has 11 heteroatoms. The van der Waals surface area contributed by atoms with Crippen molar-refractivity contribution in [3.05, 3.63) is 122 Å². The van der Waals surface area contributed by atoms with Crippen LogP contribution in [0.15, 0.2) is 122 Å². The van der Waals surface area contributed by atoms with Crippen LogP contribution < -0.4 is 0 Å². The molecular formula is C48H75O10P. The van der Waals surface area contributed by atoms with Crippen molar-refractivity contribution in [1.29, 1.82) is 0 Å². The van der Waals surface area contributed by atoms with E-state index in [2.05, 4.69) is 116 Å². The SMILES string of the molecule is CC/C=C\C/C=C\C/C=C\C/C=C\C/C=C\C/C=C\CCC(=O)OC[C@H](COP(=O)(O)OC[C@@H](O)CO)OC(=O)CCC/C=C\C/C=C\C/C=C\C/C=C\CCCCC. The van der Waals surface area contributed by atoms with Gasteiger partial charge in [-0.25, -0.2) is 4.57 Å². The van der Waals surface area contributed by atoms with Crippen LogP contribution in [0.3, 0.4) is 0 Å². The van der Waals surface area contributed by atoms with E-state index in [1.165, 1.54) is 19.3 Å². The second kappa shape index (κ2) is 42.5. The fraction of sp³-hybridized carbons (Fsp3) is 0.542. The fourth-order valence-electron chi connectivity index (χ4n) is 4.83. The molecule has 1 unspecified atom stereocenters. The summed E-state index contributed by atoms with van der Waals surface area (Å²) in [6.07, 6.45) is 54.7. The summed E-state index contributed by atoms with van der Waals surface area (Å²) in [6.45, 7) is 2.05. The minimum atomic E-state index is -4.66. The molecule has 0 aromatic carbocycles. The number of carbonyl (C=O) groups is 2. The Balaban J connectivity index is 4.55. The van der Waals surface area contributed by atoms with Crippen LogP contribution in [-0.4, -0.2) is 65.7 Å². The Bertz CT molecular complexity index is 1390. The van der Waals surface area contributed by atoms with Crippen LogP contribution >= 0.6 is 7.82 Å². The van der Waals surface area contributed by atoms with Crippen molar-refractivity contribution in [3.8, 4) is 0 Å². The van der Waals surface area contributed by atoms with Crippen LogP contribution in [0.4, 0.5) is 0 Å². The van der Waals surface area contributed by atoms with Crippen molar-refractivity contribution in [3.63, 3.8) is 0 Å². The van der Waals surface area contributed by atoms with Crippen LogP contribution in [0, 0.1) is 0 Å². The molecule has 0 aliphatic heterocycles. The Hall–Kier alpha value is -3.63. The van der Waals surface area contributed by atoms with Crippen LogP contribution in [0.25, 0.3) is 0 Å². The van der Waals surface area contributed by atoms with Gasteiger partial charge in [-0.2, -0.15) is 0 Å². The smallest absolute Gasteiger partial charge is 0.462 e.